The van der Waals surface area contributed by atoms with Crippen LogP contribution >= 0.6 is 0 Å². The molecule has 0 unspecified atom stereocenters. The predicted octanol–water partition coefficient (Wildman–Crippen LogP) is 4.06. The molecule has 2 aromatic carbocycles. The number of benzene rings is 2. The normalized spacial score (nSPS) is 11.4. The van der Waals surface area contributed by atoms with Gasteiger partial charge in [0.25, 0.3) is 0 Å². The van der Waals surface area contributed by atoms with Crippen LogP contribution in [-0.4, -0.2) is 14.6 Å². The molecule has 2 heterocycles. The molecule has 0 saturated carbocycles. The lowest BCUT2D eigenvalue weighted by molar-refractivity contribution is 1.11. The number of hydrogen-bond acceptors (Lipinski definition) is 3. The minimum absolute atomic E-state index is 0.732. The third-order valence-corrected chi connectivity index (χ3v) is 4.42. The van der Waals surface area contributed by atoms with Crippen LogP contribution in [0, 0.1) is 20.8 Å². The molecule has 23 heavy (non-hydrogen) atoms. The van der Waals surface area contributed by atoms with Gasteiger partial charge in [-0.15, -0.1) is 10.2 Å². The summed E-state index contributed by atoms with van der Waals surface area (Å²) in [7, 11) is 0. The molecule has 0 saturated heterocycles. The van der Waals surface area contributed by atoms with Gasteiger partial charge in [0.1, 0.15) is 0 Å². The molecule has 0 atom stereocenters. The Bertz CT molecular complexity index is 1060. The second-order valence-electron chi connectivity index (χ2n) is 6.09. The fourth-order valence-corrected chi connectivity index (χ4v) is 3.21. The Morgan fingerprint density at radius 2 is 1.70 bits per heavy atom. The fraction of sp³-hybridized carbons (Fsp3) is 0.158. The van der Waals surface area contributed by atoms with Crippen molar-refractivity contribution in [1.82, 2.24) is 14.6 Å². The summed E-state index contributed by atoms with van der Waals surface area (Å²) in [5.41, 5.74) is 13.3. The summed E-state index contributed by atoms with van der Waals surface area (Å²) >= 11 is 0. The Kier molecular flexibility index (Phi) is 2.88. The second kappa shape index (κ2) is 4.81. The van der Waals surface area contributed by atoms with Gasteiger partial charge in [0.15, 0.2) is 11.5 Å². The van der Waals surface area contributed by atoms with E-state index in [1.807, 2.05) is 18.2 Å². The monoisotopic (exact) mass is 302 g/mol. The van der Waals surface area contributed by atoms with Crippen molar-refractivity contribution < 1.29 is 0 Å². The first-order valence-electron chi connectivity index (χ1n) is 7.67. The Labute approximate surface area is 134 Å². The third-order valence-electron chi connectivity index (χ3n) is 4.42. The lowest BCUT2D eigenvalue weighted by Crippen LogP contribution is -1.98. The van der Waals surface area contributed by atoms with Crippen molar-refractivity contribution in [1.29, 1.82) is 0 Å². The van der Waals surface area contributed by atoms with Crippen molar-refractivity contribution in [3.8, 4) is 11.4 Å². The molecule has 0 aliphatic carbocycles. The number of nitrogens with two attached hydrogens (primary N) is 1. The van der Waals surface area contributed by atoms with Gasteiger partial charge in [-0.25, -0.2) is 0 Å². The molecule has 0 amide bonds. The lowest BCUT2D eigenvalue weighted by Gasteiger charge is -2.11. The summed E-state index contributed by atoms with van der Waals surface area (Å²) in [6, 6.07) is 14.3. The number of rotatable bonds is 1. The number of aromatic nitrogens is 3. The van der Waals surface area contributed by atoms with Gasteiger partial charge in [0.05, 0.1) is 5.52 Å². The number of nitrogen functional groups attached to an aromatic ring is 1. The van der Waals surface area contributed by atoms with Gasteiger partial charge in [-0.3, -0.25) is 4.40 Å². The van der Waals surface area contributed by atoms with Crippen LogP contribution < -0.4 is 5.73 Å². The molecule has 4 rings (SSSR count). The van der Waals surface area contributed by atoms with Gasteiger partial charge >= 0.3 is 0 Å². The SMILES string of the molecule is Cc1ccc(N)cc1-c1nnc2cc(C)c3cccc(C)c3n12. The van der Waals surface area contributed by atoms with Crippen molar-refractivity contribution in [2.75, 3.05) is 5.73 Å². The Morgan fingerprint density at radius 1 is 0.870 bits per heavy atom. The number of aryl methyl sites for hydroxylation is 3. The minimum atomic E-state index is 0.732. The lowest BCUT2D eigenvalue weighted by atomic mass is 10.0. The van der Waals surface area contributed by atoms with E-state index in [-0.39, 0.29) is 0 Å². The van der Waals surface area contributed by atoms with E-state index in [2.05, 4.69) is 59.6 Å². The smallest absolute Gasteiger partial charge is 0.169 e. The zero-order chi connectivity index (χ0) is 16.1. The molecular formula is C19H18N4. The first-order chi connectivity index (χ1) is 11.1. The maximum atomic E-state index is 5.99. The van der Waals surface area contributed by atoms with Crippen LogP contribution in [0.5, 0.6) is 0 Å². The maximum Gasteiger partial charge on any atom is 0.169 e. The van der Waals surface area contributed by atoms with E-state index >= 15 is 0 Å². The molecule has 0 aliphatic rings. The molecule has 4 nitrogen and oxygen atoms in total. The Balaban J connectivity index is 2.20. The highest BCUT2D eigenvalue weighted by Crippen LogP contribution is 2.30. The minimum Gasteiger partial charge on any atom is -0.399 e. The number of pyridine rings is 1. The summed E-state index contributed by atoms with van der Waals surface area (Å²) in [6.45, 7) is 6.30. The quantitative estimate of drug-likeness (QED) is 0.539. The number of fused-ring (bicyclic) bond motifs is 3. The summed E-state index contributed by atoms with van der Waals surface area (Å²) in [5, 5.41) is 10.1. The van der Waals surface area contributed by atoms with Crippen LogP contribution in [0.15, 0.2) is 42.5 Å². The van der Waals surface area contributed by atoms with Crippen molar-refractivity contribution >= 4 is 22.2 Å². The van der Waals surface area contributed by atoms with Gasteiger partial charge in [-0.1, -0.05) is 24.3 Å². The maximum absolute atomic E-state index is 5.99. The molecule has 2 aromatic heterocycles. The van der Waals surface area contributed by atoms with E-state index in [1.165, 1.54) is 16.5 Å². The van der Waals surface area contributed by atoms with E-state index < -0.39 is 0 Å². The highest BCUT2D eigenvalue weighted by molar-refractivity contribution is 5.89. The van der Waals surface area contributed by atoms with Crippen molar-refractivity contribution in [2.24, 2.45) is 0 Å². The number of nitrogens with zero attached hydrogens (tertiary/aromatic N) is 3. The van der Waals surface area contributed by atoms with Crippen molar-refractivity contribution in [2.45, 2.75) is 20.8 Å². The average molecular weight is 302 g/mol. The van der Waals surface area contributed by atoms with E-state index in [9.17, 15) is 0 Å². The zero-order valence-corrected chi connectivity index (χ0v) is 13.5. The average Bonchev–Trinajstić information content (AvgIpc) is 2.93. The van der Waals surface area contributed by atoms with E-state index in [4.69, 9.17) is 5.73 Å². The number of hydrogen-bond donors (Lipinski definition) is 1. The van der Waals surface area contributed by atoms with Crippen LogP contribution in [0.1, 0.15) is 16.7 Å². The fourth-order valence-electron chi connectivity index (χ4n) is 3.21. The number of para-hydroxylation sites is 1. The highest BCUT2D eigenvalue weighted by atomic mass is 15.2. The van der Waals surface area contributed by atoms with Gasteiger partial charge in [-0.05, 0) is 55.7 Å². The van der Waals surface area contributed by atoms with Crippen LogP contribution in [0.2, 0.25) is 0 Å². The van der Waals surface area contributed by atoms with E-state index in [0.29, 0.717) is 0 Å². The molecule has 0 aliphatic heterocycles. The van der Waals surface area contributed by atoms with Gasteiger partial charge < -0.3 is 5.73 Å². The van der Waals surface area contributed by atoms with Crippen LogP contribution in [0.25, 0.3) is 27.9 Å². The van der Waals surface area contributed by atoms with Crippen LogP contribution in [0.4, 0.5) is 5.69 Å². The largest absolute Gasteiger partial charge is 0.399 e. The topological polar surface area (TPSA) is 56.2 Å². The standard InChI is InChI=1S/C19H18N4/c1-11-7-8-14(20)10-16(11)19-22-21-17-9-13(3)15-6-4-5-12(2)18(15)23(17)19/h4-10H,20H2,1-3H3. The molecule has 0 radical (unpaired) electrons. The molecule has 4 aromatic rings. The number of anilines is 1. The van der Waals surface area contributed by atoms with E-state index in [1.54, 1.807) is 0 Å². The highest BCUT2D eigenvalue weighted by Gasteiger charge is 2.15. The molecule has 2 N–H and O–H groups in total. The van der Waals surface area contributed by atoms with Crippen molar-refractivity contribution in [3.63, 3.8) is 0 Å². The summed E-state index contributed by atoms with van der Waals surface area (Å²) in [5.74, 6) is 0.837. The van der Waals surface area contributed by atoms with E-state index in [0.717, 1.165) is 33.8 Å². The van der Waals surface area contributed by atoms with Crippen molar-refractivity contribution in [3.05, 3.63) is 59.2 Å². The first-order valence-corrected chi connectivity index (χ1v) is 7.67. The third kappa shape index (κ3) is 1.99. The Hall–Kier alpha value is -2.88. The summed E-state index contributed by atoms with van der Waals surface area (Å²) in [6.07, 6.45) is 0. The molecule has 4 heteroatoms. The summed E-state index contributed by atoms with van der Waals surface area (Å²) in [4.78, 5) is 0. The molecule has 114 valence electrons. The molecular weight excluding hydrogens is 284 g/mol. The second-order valence-corrected chi connectivity index (χ2v) is 6.09. The van der Waals surface area contributed by atoms with Crippen LogP contribution in [-0.2, 0) is 0 Å². The molecule has 0 spiro atoms. The summed E-state index contributed by atoms with van der Waals surface area (Å²) < 4.78 is 2.14. The predicted molar refractivity (Wildman–Crippen MR) is 94.6 cm³/mol. The van der Waals surface area contributed by atoms with Crippen LogP contribution in [0.3, 0.4) is 0 Å². The van der Waals surface area contributed by atoms with Gasteiger partial charge in [0, 0.05) is 16.6 Å². The first kappa shape index (κ1) is 13.8. The zero-order valence-electron chi connectivity index (χ0n) is 13.5. The molecule has 0 bridgehead atoms. The Morgan fingerprint density at radius 3 is 2.52 bits per heavy atom. The van der Waals surface area contributed by atoms with Gasteiger partial charge in [-0.2, -0.15) is 0 Å². The van der Waals surface area contributed by atoms with Gasteiger partial charge in [0.2, 0.25) is 0 Å². The molecule has 0 fully saturated rings.